The molecule has 1 aromatic carbocycles. The summed E-state index contributed by atoms with van der Waals surface area (Å²) in [5.41, 5.74) is 0.465. The highest BCUT2D eigenvalue weighted by Gasteiger charge is 2.24. The first-order valence-electron chi connectivity index (χ1n) is 7.73. The molecule has 0 amide bonds. The fraction of sp³-hybridized carbons (Fsp3) is 0.167. The van der Waals surface area contributed by atoms with Crippen LogP contribution < -0.4 is 9.64 Å². The number of furan rings is 1. The number of aromatic nitrogens is 2. The van der Waals surface area contributed by atoms with Gasteiger partial charge in [-0.3, -0.25) is 4.90 Å². The van der Waals surface area contributed by atoms with E-state index in [9.17, 15) is 4.79 Å². The normalized spacial score (nSPS) is 10.6. The van der Waals surface area contributed by atoms with Gasteiger partial charge in [-0.15, -0.1) is 0 Å². The predicted octanol–water partition coefficient (Wildman–Crippen LogP) is 4.61. The Labute approximate surface area is 165 Å². The lowest BCUT2D eigenvalue weighted by molar-refractivity contribution is 0.0594. The minimum Gasteiger partial charge on any atom is -0.496 e. The minimum atomic E-state index is -0.689. The maximum atomic E-state index is 12.2. The molecule has 0 aliphatic carbocycles. The maximum absolute atomic E-state index is 12.2. The highest BCUT2D eigenvalue weighted by atomic mass is 35.5. The highest BCUT2D eigenvalue weighted by molar-refractivity contribution is 6.35. The lowest BCUT2D eigenvalue weighted by Crippen LogP contribution is -2.16. The number of hydrogen-bond donors (Lipinski definition) is 0. The number of esters is 1. The molecule has 0 atom stereocenters. The molecule has 0 N–H and O–H groups in total. The first-order valence-corrected chi connectivity index (χ1v) is 8.48. The molecular formula is C18H15Cl2N3O4. The fourth-order valence-corrected chi connectivity index (χ4v) is 2.88. The van der Waals surface area contributed by atoms with Gasteiger partial charge in [-0.2, -0.15) is 0 Å². The van der Waals surface area contributed by atoms with Crippen molar-refractivity contribution in [2.45, 2.75) is 0 Å². The first-order chi connectivity index (χ1) is 13.0. The number of halogens is 2. The van der Waals surface area contributed by atoms with E-state index in [1.165, 1.54) is 20.5 Å². The number of anilines is 2. The van der Waals surface area contributed by atoms with Crippen molar-refractivity contribution in [2.24, 2.45) is 0 Å². The Morgan fingerprint density at radius 2 is 1.96 bits per heavy atom. The lowest BCUT2D eigenvalue weighted by atomic mass is 10.2. The molecular weight excluding hydrogens is 393 g/mol. The van der Waals surface area contributed by atoms with Gasteiger partial charge in [-0.25, -0.2) is 14.8 Å². The molecule has 2 heterocycles. The Kier molecular flexibility index (Phi) is 5.53. The van der Waals surface area contributed by atoms with E-state index in [2.05, 4.69) is 9.97 Å². The number of hydrogen-bond acceptors (Lipinski definition) is 7. The van der Waals surface area contributed by atoms with Gasteiger partial charge in [0, 0.05) is 18.1 Å². The van der Waals surface area contributed by atoms with Crippen LogP contribution in [-0.2, 0) is 4.74 Å². The molecule has 9 heteroatoms. The Hall–Kier alpha value is -2.77. The molecule has 0 unspecified atom stereocenters. The van der Waals surface area contributed by atoms with Crippen molar-refractivity contribution in [3.8, 4) is 17.1 Å². The van der Waals surface area contributed by atoms with Crippen molar-refractivity contribution in [1.29, 1.82) is 0 Å². The average Bonchev–Trinajstić information content (AvgIpc) is 3.22. The molecule has 3 rings (SSSR count). The van der Waals surface area contributed by atoms with E-state index in [-0.39, 0.29) is 22.4 Å². The van der Waals surface area contributed by atoms with E-state index >= 15 is 0 Å². The number of ether oxygens (including phenoxy) is 2. The van der Waals surface area contributed by atoms with Crippen LogP contribution in [0.2, 0.25) is 10.0 Å². The van der Waals surface area contributed by atoms with Crippen molar-refractivity contribution >= 4 is 40.9 Å². The van der Waals surface area contributed by atoms with Gasteiger partial charge in [0.15, 0.2) is 17.3 Å². The van der Waals surface area contributed by atoms with Crippen LogP contribution in [0.3, 0.4) is 0 Å². The summed E-state index contributed by atoms with van der Waals surface area (Å²) >= 11 is 12.4. The molecule has 0 aliphatic rings. The SMILES string of the molecule is COC(=O)c1nc(-c2ccc(Cl)cc2OC)nc(N(C)c2ccco2)c1Cl. The number of carbonyl (C=O) groups excluding carboxylic acids is 1. The van der Waals surface area contributed by atoms with Gasteiger partial charge >= 0.3 is 5.97 Å². The van der Waals surface area contributed by atoms with Gasteiger partial charge in [-0.1, -0.05) is 23.2 Å². The zero-order chi connectivity index (χ0) is 19.6. The largest absolute Gasteiger partial charge is 0.496 e. The van der Waals surface area contributed by atoms with Crippen LogP contribution in [0.1, 0.15) is 10.5 Å². The molecule has 27 heavy (non-hydrogen) atoms. The zero-order valence-electron chi connectivity index (χ0n) is 14.7. The van der Waals surface area contributed by atoms with Crippen molar-refractivity contribution in [3.05, 3.63) is 52.3 Å². The van der Waals surface area contributed by atoms with Crippen LogP contribution in [0.5, 0.6) is 5.75 Å². The number of methoxy groups -OCH3 is 2. The molecule has 0 saturated heterocycles. The van der Waals surface area contributed by atoms with Gasteiger partial charge in [-0.05, 0) is 24.3 Å². The van der Waals surface area contributed by atoms with Crippen molar-refractivity contribution < 1.29 is 18.7 Å². The van der Waals surface area contributed by atoms with Crippen LogP contribution in [0, 0.1) is 0 Å². The summed E-state index contributed by atoms with van der Waals surface area (Å²) in [6.07, 6.45) is 1.52. The smallest absolute Gasteiger partial charge is 0.358 e. The number of nitrogens with zero attached hydrogens (tertiary/aromatic N) is 3. The van der Waals surface area contributed by atoms with Crippen LogP contribution >= 0.6 is 23.2 Å². The molecule has 7 nitrogen and oxygen atoms in total. The van der Waals surface area contributed by atoms with Crippen LogP contribution in [0.4, 0.5) is 11.7 Å². The second kappa shape index (κ2) is 7.85. The van der Waals surface area contributed by atoms with Gasteiger partial charge in [0.25, 0.3) is 0 Å². The van der Waals surface area contributed by atoms with Gasteiger partial charge < -0.3 is 13.9 Å². The molecule has 0 spiro atoms. The molecule has 3 aromatic rings. The van der Waals surface area contributed by atoms with Crippen LogP contribution in [0.25, 0.3) is 11.4 Å². The molecule has 0 bridgehead atoms. The second-order valence-corrected chi connectivity index (χ2v) is 6.19. The fourth-order valence-electron chi connectivity index (χ4n) is 2.42. The second-order valence-electron chi connectivity index (χ2n) is 5.38. The van der Waals surface area contributed by atoms with Crippen LogP contribution in [0.15, 0.2) is 41.0 Å². The molecule has 0 aliphatic heterocycles. The third kappa shape index (κ3) is 3.70. The van der Waals surface area contributed by atoms with E-state index < -0.39 is 5.97 Å². The maximum Gasteiger partial charge on any atom is 0.358 e. The molecule has 140 valence electrons. The summed E-state index contributed by atoms with van der Waals surface area (Å²) in [6.45, 7) is 0. The Balaban J connectivity index is 2.23. The topological polar surface area (TPSA) is 77.7 Å². The summed E-state index contributed by atoms with van der Waals surface area (Å²) in [6, 6.07) is 8.46. The van der Waals surface area contributed by atoms with E-state index in [1.54, 1.807) is 42.3 Å². The molecule has 0 saturated carbocycles. The van der Waals surface area contributed by atoms with Gasteiger partial charge in [0.2, 0.25) is 5.88 Å². The Bertz CT molecular complexity index is 977. The molecule has 2 aromatic heterocycles. The van der Waals surface area contributed by atoms with Crippen molar-refractivity contribution in [3.63, 3.8) is 0 Å². The number of benzene rings is 1. The van der Waals surface area contributed by atoms with Crippen molar-refractivity contribution in [1.82, 2.24) is 9.97 Å². The summed E-state index contributed by atoms with van der Waals surface area (Å²) < 4.78 is 15.6. The van der Waals surface area contributed by atoms with E-state index in [0.29, 0.717) is 22.2 Å². The Morgan fingerprint density at radius 1 is 1.19 bits per heavy atom. The summed E-state index contributed by atoms with van der Waals surface area (Å²) in [7, 11) is 4.46. The monoisotopic (exact) mass is 407 g/mol. The van der Waals surface area contributed by atoms with E-state index in [4.69, 9.17) is 37.1 Å². The van der Waals surface area contributed by atoms with Crippen LogP contribution in [-0.4, -0.2) is 37.2 Å². The first kappa shape index (κ1) is 19.0. The van der Waals surface area contributed by atoms with E-state index in [1.807, 2.05) is 0 Å². The number of carbonyl (C=O) groups is 1. The highest BCUT2D eigenvalue weighted by Crippen LogP contribution is 2.36. The summed E-state index contributed by atoms with van der Waals surface area (Å²) in [4.78, 5) is 22.6. The Morgan fingerprint density at radius 3 is 2.59 bits per heavy atom. The third-order valence-electron chi connectivity index (χ3n) is 3.77. The zero-order valence-corrected chi connectivity index (χ0v) is 16.2. The standard InChI is InChI=1S/C18H15Cl2N3O4/c1-23(13-5-4-8-27-13)17-14(20)15(18(24)26-3)21-16(22-17)11-7-6-10(19)9-12(11)25-2/h4-9H,1-3H3. The summed E-state index contributed by atoms with van der Waals surface area (Å²) in [5, 5.41) is 0.531. The van der Waals surface area contributed by atoms with Gasteiger partial charge in [0.05, 0.1) is 26.0 Å². The lowest BCUT2D eigenvalue weighted by Gasteiger charge is -2.19. The van der Waals surface area contributed by atoms with Gasteiger partial charge in [0.1, 0.15) is 10.8 Å². The number of rotatable bonds is 5. The van der Waals surface area contributed by atoms with Crippen molar-refractivity contribution in [2.75, 3.05) is 26.2 Å². The van der Waals surface area contributed by atoms with E-state index in [0.717, 1.165) is 0 Å². The molecule has 0 fully saturated rings. The quantitative estimate of drug-likeness (QED) is 0.571. The minimum absolute atomic E-state index is 0.0393. The predicted molar refractivity (Wildman–Crippen MR) is 102 cm³/mol. The third-order valence-corrected chi connectivity index (χ3v) is 4.35. The summed E-state index contributed by atoms with van der Waals surface area (Å²) in [5.74, 6) is 0.745. The molecule has 0 radical (unpaired) electrons. The average molecular weight is 408 g/mol.